The Labute approximate surface area is 166 Å². The van der Waals surface area contributed by atoms with Crippen molar-refractivity contribution in [3.63, 3.8) is 0 Å². The molecule has 2 aromatic carbocycles. The average Bonchev–Trinajstić information content (AvgIpc) is 2.58. The molecule has 0 unspecified atom stereocenters. The summed E-state index contributed by atoms with van der Waals surface area (Å²) in [5.74, 6) is -0.135. The normalized spacial score (nSPS) is 15.0. The van der Waals surface area contributed by atoms with Crippen molar-refractivity contribution < 1.29 is 14.7 Å². The molecule has 2 amide bonds. The van der Waals surface area contributed by atoms with Crippen LogP contribution in [0.1, 0.15) is 34.5 Å². The largest absolute Gasteiger partial charge is 0.465 e. The van der Waals surface area contributed by atoms with Gasteiger partial charge < -0.3 is 20.6 Å². The predicted octanol–water partition coefficient (Wildman–Crippen LogP) is 4.02. The Hall–Kier alpha value is -2.54. The molecule has 0 bridgehead atoms. The summed E-state index contributed by atoms with van der Waals surface area (Å²) in [6.45, 7) is 4.75. The van der Waals surface area contributed by atoms with E-state index in [2.05, 4.69) is 26.6 Å². The highest BCUT2D eigenvalue weighted by Crippen LogP contribution is 2.22. The molecule has 0 aromatic heterocycles. The zero-order valence-electron chi connectivity index (χ0n) is 15.2. The molecule has 142 valence electrons. The van der Waals surface area contributed by atoms with Gasteiger partial charge in [0.15, 0.2) is 0 Å². The second kappa shape index (κ2) is 8.00. The van der Waals surface area contributed by atoms with Gasteiger partial charge in [0.05, 0.1) is 12.1 Å². The Bertz CT molecular complexity index is 865. The lowest BCUT2D eigenvalue weighted by Gasteiger charge is -2.38. The lowest BCUT2D eigenvalue weighted by Crippen LogP contribution is -2.56. The Kier molecular flexibility index (Phi) is 5.70. The number of aryl methyl sites for hydroxylation is 1. The van der Waals surface area contributed by atoms with E-state index in [-0.39, 0.29) is 18.0 Å². The summed E-state index contributed by atoms with van der Waals surface area (Å²) in [6.07, 6.45) is -0.904. The number of amides is 2. The first-order chi connectivity index (χ1) is 12.8. The SMILES string of the molecule is Cc1ccc(NC2CN(C(=O)O)C2)cc1C(=O)N[C@H](C)c1cccc(Br)c1. The van der Waals surface area contributed by atoms with Crippen molar-refractivity contribution in [3.05, 3.63) is 63.6 Å². The second-order valence-corrected chi connectivity index (χ2v) is 7.72. The lowest BCUT2D eigenvalue weighted by atomic mass is 10.0. The van der Waals surface area contributed by atoms with Gasteiger partial charge in [-0.3, -0.25) is 4.79 Å². The molecule has 1 aliphatic heterocycles. The molecule has 1 heterocycles. The second-order valence-electron chi connectivity index (χ2n) is 6.81. The monoisotopic (exact) mass is 431 g/mol. The average molecular weight is 432 g/mol. The van der Waals surface area contributed by atoms with Crippen LogP contribution < -0.4 is 10.6 Å². The van der Waals surface area contributed by atoms with Gasteiger partial charge in [0.25, 0.3) is 5.91 Å². The Balaban J connectivity index is 1.66. The van der Waals surface area contributed by atoms with Gasteiger partial charge in [-0.15, -0.1) is 0 Å². The Morgan fingerprint density at radius 2 is 1.96 bits per heavy atom. The molecular weight excluding hydrogens is 410 g/mol. The Morgan fingerprint density at radius 3 is 2.63 bits per heavy atom. The molecule has 0 saturated carbocycles. The number of benzene rings is 2. The number of nitrogens with zero attached hydrogens (tertiary/aromatic N) is 1. The Morgan fingerprint density at radius 1 is 1.22 bits per heavy atom. The highest BCUT2D eigenvalue weighted by Gasteiger charge is 2.30. The van der Waals surface area contributed by atoms with E-state index in [1.165, 1.54) is 4.90 Å². The molecule has 0 spiro atoms. The van der Waals surface area contributed by atoms with E-state index < -0.39 is 6.09 Å². The summed E-state index contributed by atoms with van der Waals surface area (Å²) in [7, 11) is 0. The maximum atomic E-state index is 12.8. The number of nitrogens with one attached hydrogen (secondary N) is 2. The van der Waals surface area contributed by atoms with Gasteiger partial charge in [0, 0.05) is 28.8 Å². The van der Waals surface area contributed by atoms with Crippen LogP contribution in [0.5, 0.6) is 0 Å². The zero-order valence-corrected chi connectivity index (χ0v) is 16.8. The predicted molar refractivity (Wildman–Crippen MR) is 108 cm³/mol. The van der Waals surface area contributed by atoms with Crippen LogP contribution in [0.25, 0.3) is 0 Å². The number of carbonyl (C=O) groups is 2. The molecule has 1 aliphatic rings. The maximum Gasteiger partial charge on any atom is 0.407 e. The van der Waals surface area contributed by atoms with Crippen molar-refractivity contribution in [1.82, 2.24) is 10.2 Å². The topological polar surface area (TPSA) is 81.7 Å². The molecule has 1 saturated heterocycles. The summed E-state index contributed by atoms with van der Waals surface area (Å²) in [6, 6.07) is 13.4. The summed E-state index contributed by atoms with van der Waals surface area (Å²) in [4.78, 5) is 25.0. The number of halogens is 1. The molecule has 6 nitrogen and oxygen atoms in total. The van der Waals surface area contributed by atoms with Gasteiger partial charge in [0.2, 0.25) is 0 Å². The summed E-state index contributed by atoms with van der Waals surface area (Å²) in [5.41, 5.74) is 3.33. The van der Waals surface area contributed by atoms with Crippen molar-refractivity contribution >= 4 is 33.6 Å². The molecule has 0 aliphatic carbocycles. The number of likely N-dealkylation sites (tertiary alicyclic amines) is 1. The smallest absolute Gasteiger partial charge is 0.407 e. The minimum Gasteiger partial charge on any atom is -0.465 e. The molecule has 3 N–H and O–H groups in total. The molecule has 27 heavy (non-hydrogen) atoms. The molecule has 1 fully saturated rings. The highest BCUT2D eigenvalue weighted by atomic mass is 79.9. The minimum absolute atomic E-state index is 0.0697. The summed E-state index contributed by atoms with van der Waals surface area (Å²) >= 11 is 3.45. The van der Waals surface area contributed by atoms with Crippen LogP contribution in [0.15, 0.2) is 46.9 Å². The standard InChI is InChI=1S/C20H22BrN3O3/c1-12-6-7-16(23-17-10-24(11-17)20(26)27)9-18(12)19(25)22-13(2)14-4-3-5-15(21)8-14/h3-9,13,17,23H,10-11H2,1-2H3,(H,22,25)(H,26,27)/t13-/m1/s1. The van der Waals surface area contributed by atoms with E-state index in [0.717, 1.165) is 21.3 Å². The third-order valence-corrected chi connectivity index (χ3v) is 5.19. The first-order valence-corrected chi connectivity index (χ1v) is 9.54. The number of hydrogen-bond acceptors (Lipinski definition) is 3. The van der Waals surface area contributed by atoms with Gasteiger partial charge in [-0.2, -0.15) is 0 Å². The van der Waals surface area contributed by atoms with Crippen molar-refractivity contribution in [1.29, 1.82) is 0 Å². The fourth-order valence-corrected chi connectivity index (χ4v) is 3.47. The van der Waals surface area contributed by atoms with Gasteiger partial charge >= 0.3 is 6.09 Å². The van der Waals surface area contributed by atoms with E-state index >= 15 is 0 Å². The van der Waals surface area contributed by atoms with E-state index in [1.807, 2.05) is 56.3 Å². The number of carboxylic acid groups (broad SMARTS) is 1. The number of rotatable bonds is 5. The number of hydrogen-bond donors (Lipinski definition) is 3. The highest BCUT2D eigenvalue weighted by molar-refractivity contribution is 9.10. The molecular formula is C20H22BrN3O3. The van der Waals surface area contributed by atoms with E-state index in [9.17, 15) is 9.59 Å². The van der Waals surface area contributed by atoms with E-state index in [1.54, 1.807) is 0 Å². The first-order valence-electron chi connectivity index (χ1n) is 8.75. The molecule has 7 heteroatoms. The van der Waals surface area contributed by atoms with Crippen LogP contribution in [0.3, 0.4) is 0 Å². The lowest BCUT2D eigenvalue weighted by molar-refractivity contribution is 0.0939. The molecule has 2 aromatic rings. The minimum atomic E-state index is -0.904. The quantitative estimate of drug-likeness (QED) is 0.667. The van der Waals surface area contributed by atoms with Crippen LogP contribution in [-0.4, -0.2) is 41.1 Å². The van der Waals surface area contributed by atoms with Crippen LogP contribution in [0, 0.1) is 6.92 Å². The van der Waals surface area contributed by atoms with Crippen molar-refractivity contribution in [2.75, 3.05) is 18.4 Å². The fraction of sp³-hybridized carbons (Fsp3) is 0.300. The number of carbonyl (C=O) groups excluding carboxylic acids is 1. The van der Waals surface area contributed by atoms with Gasteiger partial charge in [0.1, 0.15) is 0 Å². The van der Waals surface area contributed by atoms with Crippen molar-refractivity contribution in [2.24, 2.45) is 0 Å². The molecule has 0 radical (unpaired) electrons. The fourth-order valence-electron chi connectivity index (χ4n) is 3.05. The van der Waals surface area contributed by atoms with Crippen LogP contribution in [-0.2, 0) is 0 Å². The maximum absolute atomic E-state index is 12.8. The van der Waals surface area contributed by atoms with Crippen LogP contribution in [0.2, 0.25) is 0 Å². The third-order valence-electron chi connectivity index (χ3n) is 4.70. The van der Waals surface area contributed by atoms with Crippen LogP contribution in [0.4, 0.5) is 10.5 Å². The first kappa shape index (κ1) is 19.2. The van der Waals surface area contributed by atoms with Crippen molar-refractivity contribution in [2.45, 2.75) is 25.9 Å². The zero-order chi connectivity index (χ0) is 19.6. The van der Waals surface area contributed by atoms with Gasteiger partial charge in [-0.25, -0.2) is 4.79 Å². The molecule has 1 atom stereocenters. The van der Waals surface area contributed by atoms with Gasteiger partial charge in [-0.05, 0) is 49.2 Å². The van der Waals surface area contributed by atoms with E-state index in [0.29, 0.717) is 18.7 Å². The van der Waals surface area contributed by atoms with Gasteiger partial charge in [-0.1, -0.05) is 34.1 Å². The van der Waals surface area contributed by atoms with Crippen LogP contribution >= 0.6 is 15.9 Å². The summed E-state index contributed by atoms with van der Waals surface area (Å²) in [5, 5.41) is 15.2. The number of anilines is 1. The van der Waals surface area contributed by atoms with Crippen molar-refractivity contribution in [3.8, 4) is 0 Å². The van der Waals surface area contributed by atoms with E-state index in [4.69, 9.17) is 5.11 Å². The summed E-state index contributed by atoms with van der Waals surface area (Å²) < 4.78 is 0.972. The molecule has 3 rings (SSSR count). The third kappa shape index (κ3) is 4.60.